The lowest BCUT2D eigenvalue weighted by molar-refractivity contribution is 0.443. The van der Waals surface area contributed by atoms with Gasteiger partial charge in [0, 0.05) is 13.1 Å². The largest absolute Gasteiger partial charge is 0.369 e. The molecular weight excluding hydrogens is 230 g/mol. The molecule has 4 heteroatoms. The van der Waals surface area contributed by atoms with Gasteiger partial charge in [0.1, 0.15) is 5.82 Å². The van der Waals surface area contributed by atoms with Gasteiger partial charge >= 0.3 is 0 Å². The maximum absolute atomic E-state index is 4.53. The Labute approximate surface area is 86.6 Å². The van der Waals surface area contributed by atoms with Gasteiger partial charge in [-0.05, 0) is 28.3 Å². The molecule has 0 spiro atoms. The van der Waals surface area contributed by atoms with Crippen LogP contribution in [0.25, 0.3) is 0 Å². The molecule has 1 unspecified atom stereocenters. The first-order chi connectivity index (χ1) is 6.22. The Morgan fingerprint density at radius 2 is 2.46 bits per heavy atom. The SMILES string of the molecule is CCc1nn2c(c1Br)NCC(C)C2. The third-order valence-corrected chi connectivity index (χ3v) is 3.23. The fourth-order valence-corrected chi connectivity index (χ4v) is 2.35. The number of fused-ring (bicyclic) bond motifs is 1. The van der Waals surface area contributed by atoms with Crippen molar-refractivity contribution >= 4 is 21.7 Å². The van der Waals surface area contributed by atoms with Gasteiger partial charge in [-0.2, -0.15) is 5.10 Å². The number of aryl methyl sites for hydroxylation is 1. The molecule has 0 saturated heterocycles. The van der Waals surface area contributed by atoms with Crippen LogP contribution in [0.1, 0.15) is 19.5 Å². The highest BCUT2D eigenvalue weighted by Gasteiger charge is 2.20. The van der Waals surface area contributed by atoms with Crippen LogP contribution in [0.2, 0.25) is 0 Å². The van der Waals surface area contributed by atoms with E-state index >= 15 is 0 Å². The van der Waals surface area contributed by atoms with Crippen molar-refractivity contribution in [3.8, 4) is 0 Å². The zero-order chi connectivity index (χ0) is 9.42. The Morgan fingerprint density at radius 1 is 1.69 bits per heavy atom. The van der Waals surface area contributed by atoms with Crippen molar-refractivity contribution in [1.82, 2.24) is 9.78 Å². The molecule has 0 saturated carbocycles. The number of nitrogens with one attached hydrogen (secondary N) is 1. The second-order valence-electron chi connectivity index (χ2n) is 3.63. The zero-order valence-electron chi connectivity index (χ0n) is 7.97. The Hall–Kier alpha value is -0.510. The Kier molecular flexibility index (Phi) is 2.32. The van der Waals surface area contributed by atoms with Crippen LogP contribution < -0.4 is 5.32 Å². The van der Waals surface area contributed by atoms with Crippen molar-refractivity contribution in [1.29, 1.82) is 0 Å². The zero-order valence-corrected chi connectivity index (χ0v) is 9.56. The molecule has 1 atom stereocenters. The van der Waals surface area contributed by atoms with Gasteiger partial charge in [-0.3, -0.25) is 0 Å². The number of aromatic nitrogens is 2. The van der Waals surface area contributed by atoms with Gasteiger partial charge in [-0.25, -0.2) is 4.68 Å². The fourth-order valence-electron chi connectivity index (χ4n) is 1.65. The average Bonchev–Trinajstić information content (AvgIpc) is 2.42. The van der Waals surface area contributed by atoms with Crippen LogP contribution in [0, 0.1) is 5.92 Å². The van der Waals surface area contributed by atoms with Gasteiger partial charge in [0.05, 0.1) is 10.2 Å². The van der Waals surface area contributed by atoms with Crippen molar-refractivity contribution in [2.45, 2.75) is 26.8 Å². The van der Waals surface area contributed by atoms with Crippen molar-refractivity contribution in [3.63, 3.8) is 0 Å². The molecular formula is C9H14BrN3. The second kappa shape index (κ2) is 3.33. The topological polar surface area (TPSA) is 29.9 Å². The first kappa shape index (κ1) is 9.06. The summed E-state index contributed by atoms with van der Waals surface area (Å²) in [5.41, 5.74) is 1.15. The predicted octanol–water partition coefficient (Wildman–Crippen LogP) is 2.27. The summed E-state index contributed by atoms with van der Waals surface area (Å²) in [5, 5.41) is 7.92. The maximum Gasteiger partial charge on any atom is 0.139 e. The molecule has 2 rings (SSSR count). The van der Waals surface area contributed by atoms with E-state index in [-0.39, 0.29) is 0 Å². The Bertz CT molecular complexity index is 319. The first-order valence-electron chi connectivity index (χ1n) is 4.71. The quantitative estimate of drug-likeness (QED) is 0.821. The lowest BCUT2D eigenvalue weighted by Crippen LogP contribution is -2.25. The van der Waals surface area contributed by atoms with E-state index in [0.29, 0.717) is 5.92 Å². The van der Waals surface area contributed by atoms with Gasteiger partial charge in [0.25, 0.3) is 0 Å². The summed E-state index contributed by atoms with van der Waals surface area (Å²) >= 11 is 3.57. The van der Waals surface area contributed by atoms with E-state index in [0.717, 1.165) is 35.5 Å². The summed E-state index contributed by atoms with van der Waals surface area (Å²) < 4.78 is 3.21. The molecule has 1 aromatic heterocycles. The van der Waals surface area contributed by atoms with Gasteiger partial charge in [0.2, 0.25) is 0 Å². The highest BCUT2D eigenvalue weighted by Crippen LogP contribution is 2.29. The summed E-state index contributed by atoms with van der Waals surface area (Å²) in [6.07, 6.45) is 0.983. The number of anilines is 1. The van der Waals surface area contributed by atoms with Crippen LogP contribution in [-0.2, 0) is 13.0 Å². The van der Waals surface area contributed by atoms with Gasteiger partial charge in [-0.1, -0.05) is 13.8 Å². The van der Waals surface area contributed by atoms with Crippen molar-refractivity contribution in [2.75, 3.05) is 11.9 Å². The normalized spacial score (nSPS) is 21.0. The third-order valence-electron chi connectivity index (χ3n) is 2.40. The molecule has 0 amide bonds. The minimum absolute atomic E-state index is 0.670. The fraction of sp³-hybridized carbons (Fsp3) is 0.667. The number of rotatable bonds is 1. The molecule has 13 heavy (non-hydrogen) atoms. The average molecular weight is 244 g/mol. The minimum atomic E-state index is 0.670. The molecule has 0 bridgehead atoms. The molecule has 1 aliphatic heterocycles. The van der Waals surface area contributed by atoms with Crippen molar-refractivity contribution in [2.24, 2.45) is 5.92 Å². The lowest BCUT2D eigenvalue weighted by atomic mass is 10.1. The van der Waals surface area contributed by atoms with E-state index in [1.807, 2.05) is 0 Å². The van der Waals surface area contributed by atoms with Crippen LogP contribution in [0.3, 0.4) is 0 Å². The Morgan fingerprint density at radius 3 is 3.15 bits per heavy atom. The second-order valence-corrected chi connectivity index (χ2v) is 4.42. The number of hydrogen-bond acceptors (Lipinski definition) is 2. The maximum atomic E-state index is 4.53. The van der Waals surface area contributed by atoms with Gasteiger partial charge in [0.15, 0.2) is 0 Å². The summed E-state index contributed by atoms with van der Waals surface area (Å²) in [6, 6.07) is 0. The van der Waals surface area contributed by atoms with Crippen LogP contribution >= 0.6 is 15.9 Å². The number of nitrogens with zero attached hydrogens (tertiary/aromatic N) is 2. The standard InChI is InChI=1S/C9H14BrN3/c1-3-7-8(10)9-11-4-6(2)5-13(9)12-7/h6,11H,3-5H2,1-2H3. The van der Waals surface area contributed by atoms with Gasteiger partial charge in [-0.15, -0.1) is 0 Å². The smallest absolute Gasteiger partial charge is 0.139 e. The first-order valence-corrected chi connectivity index (χ1v) is 5.50. The molecule has 0 fully saturated rings. The van der Waals surface area contributed by atoms with Crippen molar-refractivity contribution < 1.29 is 0 Å². The summed E-state index contributed by atoms with van der Waals surface area (Å²) in [7, 11) is 0. The van der Waals surface area contributed by atoms with Crippen LogP contribution in [-0.4, -0.2) is 16.3 Å². The number of hydrogen-bond donors (Lipinski definition) is 1. The summed E-state index contributed by atoms with van der Waals surface area (Å²) in [6.45, 7) is 6.44. The molecule has 2 heterocycles. The van der Waals surface area contributed by atoms with Crippen LogP contribution in [0.15, 0.2) is 4.47 Å². The predicted molar refractivity (Wildman–Crippen MR) is 57.0 cm³/mol. The highest BCUT2D eigenvalue weighted by atomic mass is 79.9. The molecule has 1 aromatic rings. The molecule has 1 aliphatic rings. The highest BCUT2D eigenvalue weighted by molar-refractivity contribution is 9.10. The molecule has 3 nitrogen and oxygen atoms in total. The number of halogens is 1. The molecule has 0 aromatic carbocycles. The minimum Gasteiger partial charge on any atom is -0.369 e. The van der Waals surface area contributed by atoms with E-state index in [1.54, 1.807) is 0 Å². The van der Waals surface area contributed by atoms with E-state index in [9.17, 15) is 0 Å². The van der Waals surface area contributed by atoms with Gasteiger partial charge < -0.3 is 5.32 Å². The Balaban J connectivity index is 2.39. The van der Waals surface area contributed by atoms with E-state index < -0.39 is 0 Å². The summed E-state index contributed by atoms with van der Waals surface area (Å²) in [5.74, 6) is 1.82. The van der Waals surface area contributed by atoms with E-state index in [2.05, 4.69) is 44.9 Å². The van der Waals surface area contributed by atoms with Crippen LogP contribution in [0.4, 0.5) is 5.82 Å². The van der Waals surface area contributed by atoms with E-state index in [4.69, 9.17) is 0 Å². The van der Waals surface area contributed by atoms with Crippen LogP contribution in [0.5, 0.6) is 0 Å². The lowest BCUT2D eigenvalue weighted by Gasteiger charge is -2.21. The van der Waals surface area contributed by atoms with Crippen molar-refractivity contribution in [3.05, 3.63) is 10.2 Å². The van der Waals surface area contributed by atoms with E-state index in [1.165, 1.54) is 0 Å². The monoisotopic (exact) mass is 243 g/mol. The molecule has 72 valence electrons. The molecule has 0 aliphatic carbocycles. The molecule has 1 N–H and O–H groups in total. The third kappa shape index (κ3) is 1.47. The summed E-state index contributed by atoms with van der Waals surface area (Å²) in [4.78, 5) is 0. The molecule has 0 radical (unpaired) electrons.